The highest BCUT2D eigenvalue weighted by Gasteiger charge is 2.25. The number of nitrogens with zero attached hydrogens (tertiary/aromatic N) is 1. The Hall–Kier alpha value is -0.840. The molecule has 1 saturated heterocycles. The van der Waals surface area contributed by atoms with E-state index in [1.54, 1.807) is 6.26 Å². The van der Waals surface area contributed by atoms with Gasteiger partial charge in [0.15, 0.2) is 0 Å². The molecule has 2 heterocycles. The van der Waals surface area contributed by atoms with E-state index in [4.69, 9.17) is 9.15 Å². The van der Waals surface area contributed by atoms with E-state index < -0.39 is 0 Å². The summed E-state index contributed by atoms with van der Waals surface area (Å²) in [4.78, 5) is 2.32. The van der Waals surface area contributed by atoms with E-state index in [0.29, 0.717) is 12.2 Å². The Morgan fingerprint density at radius 3 is 2.85 bits per heavy atom. The predicted molar refractivity (Wildman–Crippen MR) is 80.8 cm³/mol. The van der Waals surface area contributed by atoms with E-state index >= 15 is 0 Å². The molecule has 4 heteroatoms. The minimum absolute atomic E-state index is 0.376. The number of hydrogen-bond donors (Lipinski definition) is 1. The van der Waals surface area contributed by atoms with Gasteiger partial charge in [-0.2, -0.15) is 0 Å². The maximum Gasteiger partial charge on any atom is 0.105 e. The highest BCUT2D eigenvalue weighted by Crippen LogP contribution is 2.21. The highest BCUT2D eigenvalue weighted by atomic mass is 16.5. The Bertz CT molecular complexity index is 392. The van der Waals surface area contributed by atoms with Gasteiger partial charge in [-0.3, -0.25) is 4.90 Å². The molecule has 2 unspecified atom stereocenters. The summed E-state index contributed by atoms with van der Waals surface area (Å²) >= 11 is 0. The van der Waals surface area contributed by atoms with Gasteiger partial charge in [0.2, 0.25) is 0 Å². The molecule has 0 aromatic carbocycles. The van der Waals surface area contributed by atoms with Crippen LogP contribution in [0.5, 0.6) is 0 Å². The molecular formula is C16H28N2O2. The smallest absolute Gasteiger partial charge is 0.105 e. The molecule has 0 radical (unpaired) electrons. The van der Waals surface area contributed by atoms with Gasteiger partial charge in [-0.15, -0.1) is 0 Å². The predicted octanol–water partition coefficient (Wildman–Crippen LogP) is 2.57. The van der Waals surface area contributed by atoms with Crippen LogP contribution in [0.4, 0.5) is 0 Å². The molecule has 1 aliphatic heterocycles. The molecule has 0 saturated carbocycles. The molecular weight excluding hydrogens is 252 g/mol. The van der Waals surface area contributed by atoms with E-state index in [2.05, 4.69) is 30.3 Å². The zero-order valence-electron chi connectivity index (χ0n) is 13.0. The number of furan rings is 1. The van der Waals surface area contributed by atoms with E-state index in [-0.39, 0.29) is 0 Å². The van der Waals surface area contributed by atoms with Gasteiger partial charge in [-0.1, -0.05) is 6.92 Å². The normalized spacial score (nSPS) is 22.8. The van der Waals surface area contributed by atoms with Crippen LogP contribution in [0, 0.1) is 6.92 Å². The molecule has 0 spiro atoms. The molecule has 1 N–H and O–H groups in total. The first-order chi connectivity index (χ1) is 9.69. The summed E-state index contributed by atoms with van der Waals surface area (Å²) < 4.78 is 11.4. The van der Waals surface area contributed by atoms with Crippen LogP contribution >= 0.6 is 0 Å². The molecule has 1 aromatic rings. The molecule has 0 amide bonds. The summed E-state index contributed by atoms with van der Waals surface area (Å²) in [7, 11) is 2.15. The number of hydrogen-bond acceptors (Lipinski definition) is 4. The molecule has 20 heavy (non-hydrogen) atoms. The van der Waals surface area contributed by atoms with Crippen molar-refractivity contribution in [1.29, 1.82) is 0 Å². The van der Waals surface area contributed by atoms with Gasteiger partial charge in [-0.05, 0) is 45.8 Å². The zero-order chi connectivity index (χ0) is 14.4. The molecule has 2 rings (SSSR count). The number of nitrogens with one attached hydrogen (secondary N) is 1. The van der Waals surface area contributed by atoms with Gasteiger partial charge in [-0.25, -0.2) is 0 Å². The van der Waals surface area contributed by atoms with Crippen molar-refractivity contribution in [3.05, 3.63) is 23.7 Å². The fourth-order valence-electron chi connectivity index (χ4n) is 2.78. The van der Waals surface area contributed by atoms with Gasteiger partial charge in [0.05, 0.1) is 18.5 Å². The van der Waals surface area contributed by atoms with Gasteiger partial charge in [0.1, 0.15) is 5.76 Å². The number of aryl methyl sites for hydroxylation is 1. The average molecular weight is 280 g/mol. The lowest BCUT2D eigenvalue weighted by molar-refractivity contribution is 0.0267. The molecule has 0 bridgehead atoms. The number of likely N-dealkylation sites (N-methyl/N-ethyl adjacent to an activating group) is 1. The fraction of sp³-hybridized carbons (Fsp3) is 0.750. The van der Waals surface area contributed by atoms with Gasteiger partial charge in [0.25, 0.3) is 0 Å². The lowest BCUT2D eigenvalue weighted by Crippen LogP contribution is -2.31. The van der Waals surface area contributed by atoms with E-state index in [1.165, 1.54) is 24.8 Å². The second-order valence-electron chi connectivity index (χ2n) is 5.86. The first kappa shape index (κ1) is 15.5. The van der Waals surface area contributed by atoms with Crippen molar-refractivity contribution >= 4 is 0 Å². The summed E-state index contributed by atoms with van der Waals surface area (Å²) in [6.45, 7) is 8.22. The molecule has 1 aromatic heterocycles. The lowest BCUT2D eigenvalue weighted by atomic mass is 10.2. The second kappa shape index (κ2) is 7.81. The molecule has 1 fully saturated rings. The summed E-state index contributed by atoms with van der Waals surface area (Å²) in [5.41, 5.74) is 1.27. The molecule has 2 atom stereocenters. The van der Waals surface area contributed by atoms with Crippen molar-refractivity contribution in [2.45, 2.75) is 51.9 Å². The summed E-state index contributed by atoms with van der Waals surface area (Å²) in [5.74, 6) is 1.02. The van der Waals surface area contributed by atoms with Crippen molar-refractivity contribution in [1.82, 2.24) is 10.2 Å². The summed E-state index contributed by atoms with van der Waals surface area (Å²) in [6, 6.07) is 2.05. The first-order valence-electron chi connectivity index (χ1n) is 7.76. The molecule has 114 valence electrons. The van der Waals surface area contributed by atoms with Crippen molar-refractivity contribution < 1.29 is 9.15 Å². The van der Waals surface area contributed by atoms with E-state index in [1.807, 2.05) is 6.92 Å². The van der Waals surface area contributed by atoms with Crippen LogP contribution in [0.3, 0.4) is 0 Å². The summed E-state index contributed by atoms with van der Waals surface area (Å²) in [6.07, 6.45) is 6.08. The fourth-order valence-corrected chi connectivity index (χ4v) is 2.78. The van der Waals surface area contributed by atoms with Gasteiger partial charge >= 0.3 is 0 Å². The zero-order valence-corrected chi connectivity index (χ0v) is 13.0. The van der Waals surface area contributed by atoms with Crippen LogP contribution < -0.4 is 5.32 Å². The van der Waals surface area contributed by atoms with Crippen molar-refractivity contribution in [3.8, 4) is 0 Å². The van der Waals surface area contributed by atoms with Crippen LogP contribution in [-0.2, 0) is 11.3 Å². The number of ether oxygens (including phenoxy) is 1. The van der Waals surface area contributed by atoms with Crippen molar-refractivity contribution in [2.75, 3.05) is 26.7 Å². The maximum atomic E-state index is 6.10. The topological polar surface area (TPSA) is 37.6 Å². The Kier molecular flexibility index (Phi) is 6.07. The van der Waals surface area contributed by atoms with Crippen LogP contribution in [0.25, 0.3) is 0 Å². The second-order valence-corrected chi connectivity index (χ2v) is 5.86. The third-order valence-corrected chi connectivity index (χ3v) is 3.92. The Balaban J connectivity index is 1.68. The van der Waals surface area contributed by atoms with Crippen LogP contribution in [0.2, 0.25) is 0 Å². The Labute approximate surface area is 122 Å². The monoisotopic (exact) mass is 280 g/mol. The first-order valence-corrected chi connectivity index (χ1v) is 7.76. The maximum absolute atomic E-state index is 6.10. The Morgan fingerprint density at radius 1 is 1.35 bits per heavy atom. The average Bonchev–Trinajstić information content (AvgIpc) is 3.00. The Morgan fingerprint density at radius 2 is 2.15 bits per heavy atom. The largest absolute Gasteiger partial charge is 0.469 e. The van der Waals surface area contributed by atoms with Gasteiger partial charge < -0.3 is 14.5 Å². The molecule has 1 aliphatic rings. The minimum atomic E-state index is 0.376. The van der Waals surface area contributed by atoms with Crippen molar-refractivity contribution in [2.24, 2.45) is 0 Å². The highest BCUT2D eigenvalue weighted by molar-refractivity contribution is 5.14. The molecule has 4 nitrogen and oxygen atoms in total. The van der Waals surface area contributed by atoms with Gasteiger partial charge in [0, 0.05) is 25.2 Å². The third kappa shape index (κ3) is 4.62. The van der Waals surface area contributed by atoms with E-state index in [0.717, 1.165) is 31.9 Å². The quantitative estimate of drug-likeness (QED) is 0.743. The van der Waals surface area contributed by atoms with Crippen LogP contribution in [0.15, 0.2) is 16.7 Å². The summed E-state index contributed by atoms with van der Waals surface area (Å²) in [5, 5.41) is 3.44. The standard InChI is InChI=1S/C16H28N2O2/c1-4-8-17-10-15-5-6-16(20-15)12-18(3)11-14-7-9-19-13(14)2/h7,9,15-17H,4-6,8,10-12H2,1-3H3. The van der Waals surface area contributed by atoms with Crippen molar-refractivity contribution in [3.63, 3.8) is 0 Å². The minimum Gasteiger partial charge on any atom is -0.469 e. The third-order valence-electron chi connectivity index (χ3n) is 3.92. The van der Waals surface area contributed by atoms with E-state index in [9.17, 15) is 0 Å². The lowest BCUT2D eigenvalue weighted by Gasteiger charge is -2.21. The molecule has 0 aliphatic carbocycles. The van der Waals surface area contributed by atoms with Crippen LogP contribution in [0.1, 0.15) is 37.5 Å². The number of rotatable bonds is 8. The SMILES string of the molecule is CCCNCC1CCC(CN(C)Cc2ccoc2C)O1. The van der Waals surface area contributed by atoms with Crippen LogP contribution in [-0.4, -0.2) is 43.8 Å².